The van der Waals surface area contributed by atoms with Gasteiger partial charge < -0.3 is 5.11 Å². The molecule has 1 heterocycles. The Hall–Kier alpha value is -1.35. The highest BCUT2D eigenvalue weighted by atomic mass is 16.4. The number of benzene rings is 1. The minimum atomic E-state index is -0.634. The van der Waals surface area contributed by atoms with E-state index in [4.69, 9.17) is 0 Å². The predicted octanol–water partition coefficient (Wildman–Crippen LogP) is 3.02. The summed E-state index contributed by atoms with van der Waals surface area (Å²) in [6.07, 6.45) is 2.95. The molecule has 0 spiro atoms. The standard InChI is InChI=1S/C17H23NO2/c1-11-5-6-13-9-12(2)16(15(13)8-11)18-7-3-4-14(10-18)17(19)20/h5-6,8,12,14,16H,3-4,7,9-10H2,1-2H3,(H,19,20). The molecule has 1 aliphatic carbocycles. The van der Waals surface area contributed by atoms with Crippen LogP contribution in [0.15, 0.2) is 18.2 Å². The number of hydrogen-bond donors (Lipinski definition) is 1. The van der Waals surface area contributed by atoms with Gasteiger partial charge in [0.2, 0.25) is 0 Å². The monoisotopic (exact) mass is 273 g/mol. The first-order chi connectivity index (χ1) is 9.56. The lowest BCUT2D eigenvalue weighted by molar-refractivity contribution is -0.144. The summed E-state index contributed by atoms with van der Waals surface area (Å²) < 4.78 is 0. The molecule has 0 saturated carbocycles. The summed E-state index contributed by atoms with van der Waals surface area (Å²) in [6, 6.07) is 7.14. The van der Waals surface area contributed by atoms with Crippen LogP contribution in [0, 0.1) is 18.8 Å². The number of aryl methyl sites for hydroxylation is 1. The summed E-state index contributed by atoms with van der Waals surface area (Å²) in [6.45, 7) is 6.17. The van der Waals surface area contributed by atoms with Gasteiger partial charge in [0.1, 0.15) is 0 Å². The predicted molar refractivity (Wildman–Crippen MR) is 78.7 cm³/mol. The van der Waals surface area contributed by atoms with Crippen LogP contribution in [0.4, 0.5) is 0 Å². The van der Waals surface area contributed by atoms with Gasteiger partial charge in [-0.3, -0.25) is 9.69 Å². The van der Waals surface area contributed by atoms with Crippen LogP contribution in [0.2, 0.25) is 0 Å². The maximum absolute atomic E-state index is 11.3. The second kappa shape index (κ2) is 5.21. The molecule has 108 valence electrons. The molecule has 1 saturated heterocycles. The summed E-state index contributed by atoms with van der Waals surface area (Å²) in [7, 11) is 0. The Bertz CT molecular complexity index is 526. The number of hydrogen-bond acceptors (Lipinski definition) is 2. The molecule has 0 bridgehead atoms. The maximum atomic E-state index is 11.3. The fourth-order valence-corrected chi connectivity index (χ4v) is 3.96. The Kier molecular flexibility index (Phi) is 3.55. The number of rotatable bonds is 2. The number of likely N-dealkylation sites (tertiary alicyclic amines) is 1. The normalized spacial score (nSPS) is 30.2. The first kappa shape index (κ1) is 13.6. The Morgan fingerprint density at radius 2 is 2.20 bits per heavy atom. The first-order valence-corrected chi connectivity index (χ1v) is 7.62. The van der Waals surface area contributed by atoms with Crippen molar-refractivity contribution < 1.29 is 9.90 Å². The van der Waals surface area contributed by atoms with Crippen molar-refractivity contribution in [3.05, 3.63) is 34.9 Å². The van der Waals surface area contributed by atoms with Crippen molar-refractivity contribution in [3.63, 3.8) is 0 Å². The van der Waals surface area contributed by atoms with Crippen molar-refractivity contribution in [1.29, 1.82) is 0 Å². The van der Waals surface area contributed by atoms with Gasteiger partial charge in [0.15, 0.2) is 0 Å². The molecular formula is C17H23NO2. The topological polar surface area (TPSA) is 40.5 Å². The van der Waals surface area contributed by atoms with Gasteiger partial charge in [0.05, 0.1) is 5.92 Å². The van der Waals surface area contributed by atoms with Gasteiger partial charge in [-0.2, -0.15) is 0 Å². The molecule has 3 atom stereocenters. The first-order valence-electron chi connectivity index (χ1n) is 7.62. The average molecular weight is 273 g/mol. The maximum Gasteiger partial charge on any atom is 0.307 e. The minimum Gasteiger partial charge on any atom is -0.481 e. The number of carboxylic acids is 1. The third kappa shape index (κ3) is 2.35. The Morgan fingerprint density at radius 3 is 2.95 bits per heavy atom. The summed E-state index contributed by atoms with van der Waals surface area (Å²) in [5, 5.41) is 9.28. The van der Waals surface area contributed by atoms with Crippen LogP contribution in [-0.2, 0) is 11.2 Å². The molecule has 2 aliphatic rings. The van der Waals surface area contributed by atoms with Gasteiger partial charge in [-0.1, -0.05) is 30.7 Å². The molecule has 0 radical (unpaired) electrons. The van der Waals surface area contributed by atoms with Crippen molar-refractivity contribution in [2.45, 2.75) is 39.2 Å². The Balaban J connectivity index is 1.87. The van der Waals surface area contributed by atoms with Crippen molar-refractivity contribution in [2.24, 2.45) is 11.8 Å². The van der Waals surface area contributed by atoms with E-state index in [1.54, 1.807) is 0 Å². The number of aliphatic carboxylic acids is 1. The average Bonchev–Trinajstić information content (AvgIpc) is 2.74. The van der Waals surface area contributed by atoms with Crippen LogP contribution in [0.5, 0.6) is 0 Å². The molecular weight excluding hydrogens is 250 g/mol. The lowest BCUT2D eigenvalue weighted by Crippen LogP contribution is -2.41. The molecule has 3 nitrogen and oxygen atoms in total. The van der Waals surface area contributed by atoms with Crippen LogP contribution >= 0.6 is 0 Å². The highest BCUT2D eigenvalue weighted by molar-refractivity contribution is 5.70. The molecule has 1 aromatic rings. The van der Waals surface area contributed by atoms with Crippen molar-refractivity contribution in [2.75, 3.05) is 13.1 Å². The Morgan fingerprint density at radius 1 is 1.40 bits per heavy atom. The van der Waals surface area contributed by atoms with Gasteiger partial charge in [-0.25, -0.2) is 0 Å². The SMILES string of the molecule is Cc1ccc2c(c1)C(N1CCCC(C(=O)O)C1)C(C)C2. The van der Waals surface area contributed by atoms with Crippen molar-refractivity contribution in [1.82, 2.24) is 4.90 Å². The van der Waals surface area contributed by atoms with Gasteiger partial charge in [-0.15, -0.1) is 0 Å². The number of carbonyl (C=O) groups is 1. The lowest BCUT2D eigenvalue weighted by Gasteiger charge is -2.37. The molecule has 1 aromatic carbocycles. The number of fused-ring (bicyclic) bond motifs is 1. The highest BCUT2D eigenvalue weighted by Gasteiger charge is 2.37. The minimum absolute atomic E-state index is 0.190. The van der Waals surface area contributed by atoms with E-state index in [-0.39, 0.29) is 5.92 Å². The van der Waals surface area contributed by atoms with Gasteiger partial charge in [-0.05, 0) is 49.8 Å². The van der Waals surface area contributed by atoms with Crippen LogP contribution in [0.3, 0.4) is 0 Å². The quantitative estimate of drug-likeness (QED) is 0.900. The third-order valence-corrected chi connectivity index (χ3v) is 4.90. The van der Waals surface area contributed by atoms with Gasteiger partial charge >= 0.3 is 5.97 Å². The number of piperidine rings is 1. The second-order valence-electron chi connectivity index (χ2n) is 6.50. The number of nitrogens with zero attached hydrogens (tertiary/aromatic N) is 1. The summed E-state index contributed by atoms with van der Waals surface area (Å²) in [5.41, 5.74) is 4.18. The highest BCUT2D eigenvalue weighted by Crippen LogP contribution is 2.42. The third-order valence-electron chi connectivity index (χ3n) is 4.90. The molecule has 3 heteroatoms. The molecule has 0 aromatic heterocycles. The van der Waals surface area contributed by atoms with Gasteiger partial charge in [0, 0.05) is 12.6 Å². The zero-order valence-electron chi connectivity index (χ0n) is 12.3. The Labute approximate surface area is 120 Å². The van der Waals surface area contributed by atoms with E-state index in [9.17, 15) is 9.90 Å². The van der Waals surface area contributed by atoms with Crippen molar-refractivity contribution in [3.8, 4) is 0 Å². The van der Waals surface area contributed by atoms with Crippen LogP contribution in [-0.4, -0.2) is 29.1 Å². The van der Waals surface area contributed by atoms with E-state index in [1.165, 1.54) is 16.7 Å². The summed E-state index contributed by atoms with van der Waals surface area (Å²) in [4.78, 5) is 13.7. The van der Waals surface area contributed by atoms with Crippen molar-refractivity contribution >= 4 is 5.97 Å². The van der Waals surface area contributed by atoms with Crippen LogP contribution < -0.4 is 0 Å². The summed E-state index contributed by atoms with van der Waals surface area (Å²) >= 11 is 0. The number of carboxylic acid groups (broad SMARTS) is 1. The van der Waals surface area contributed by atoms with Crippen LogP contribution in [0.1, 0.15) is 42.5 Å². The van der Waals surface area contributed by atoms with E-state index in [0.29, 0.717) is 18.5 Å². The van der Waals surface area contributed by atoms with E-state index < -0.39 is 5.97 Å². The molecule has 1 N–H and O–H groups in total. The van der Waals surface area contributed by atoms with E-state index >= 15 is 0 Å². The van der Waals surface area contributed by atoms with E-state index in [0.717, 1.165) is 25.8 Å². The van der Waals surface area contributed by atoms with Crippen LogP contribution in [0.25, 0.3) is 0 Å². The molecule has 3 unspecified atom stereocenters. The zero-order chi connectivity index (χ0) is 14.3. The lowest BCUT2D eigenvalue weighted by atomic mass is 9.92. The zero-order valence-corrected chi connectivity index (χ0v) is 12.3. The molecule has 1 fully saturated rings. The fraction of sp³-hybridized carbons (Fsp3) is 0.588. The van der Waals surface area contributed by atoms with E-state index in [2.05, 4.69) is 36.9 Å². The van der Waals surface area contributed by atoms with Gasteiger partial charge in [0.25, 0.3) is 0 Å². The van der Waals surface area contributed by atoms with E-state index in [1.807, 2.05) is 0 Å². The molecule has 1 aliphatic heterocycles. The fourth-order valence-electron chi connectivity index (χ4n) is 3.96. The molecule has 20 heavy (non-hydrogen) atoms. The molecule has 3 rings (SSSR count). The second-order valence-corrected chi connectivity index (χ2v) is 6.50. The summed E-state index contributed by atoms with van der Waals surface area (Å²) in [5.74, 6) is -0.242. The molecule has 0 amide bonds. The largest absolute Gasteiger partial charge is 0.481 e. The smallest absolute Gasteiger partial charge is 0.307 e.